The molecular formula is C14H17FO2. The Balaban J connectivity index is 2.29. The first-order chi connectivity index (χ1) is 8.11. The second-order valence-corrected chi connectivity index (χ2v) is 4.54. The van der Waals surface area contributed by atoms with E-state index < -0.39 is 6.10 Å². The van der Waals surface area contributed by atoms with Crippen LogP contribution in [-0.2, 0) is 0 Å². The van der Waals surface area contributed by atoms with E-state index in [1.54, 1.807) is 12.1 Å². The first-order valence-electron chi connectivity index (χ1n) is 5.99. The van der Waals surface area contributed by atoms with Gasteiger partial charge in [-0.25, -0.2) is 4.39 Å². The summed E-state index contributed by atoms with van der Waals surface area (Å²) in [6.45, 7) is 4.07. The molecule has 0 fully saturated rings. The lowest BCUT2D eigenvalue weighted by Gasteiger charge is -2.15. The first kappa shape index (κ1) is 12.1. The lowest BCUT2D eigenvalue weighted by molar-refractivity contribution is 0.0913. The molecule has 0 aliphatic carbocycles. The molecule has 2 rings (SSSR count). The number of hydrogen-bond donors (Lipinski definition) is 1. The van der Waals surface area contributed by atoms with Gasteiger partial charge < -0.3 is 9.52 Å². The highest BCUT2D eigenvalue weighted by molar-refractivity contribution is 5.77. The zero-order valence-electron chi connectivity index (χ0n) is 10.1. The van der Waals surface area contributed by atoms with Gasteiger partial charge in [-0.15, -0.1) is 0 Å². The molecule has 2 aromatic rings. The van der Waals surface area contributed by atoms with Gasteiger partial charge in [-0.1, -0.05) is 20.3 Å². The number of furan rings is 1. The molecule has 3 heteroatoms. The second kappa shape index (κ2) is 4.88. The molecule has 1 heterocycles. The minimum absolute atomic E-state index is 0.144. The van der Waals surface area contributed by atoms with Crippen LogP contribution < -0.4 is 0 Å². The fourth-order valence-electron chi connectivity index (χ4n) is 2.07. The molecule has 2 unspecified atom stereocenters. The minimum atomic E-state index is -0.620. The Morgan fingerprint density at radius 2 is 2.12 bits per heavy atom. The van der Waals surface area contributed by atoms with Crippen molar-refractivity contribution in [1.82, 2.24) is 0 Å². The SMILES string of the molecule is CCCC(C)C(O)c1cc2cc(F)ccc2o1. The second-order valence-electron chi connectivity index (χ2n) is 4.54. The highest BCUT2D eigenvalue weighted by Crippen LogP contribution is 2.30. The first-order valence-corrected chi connectivity index (χ1v) is 5.99. The molecule has 0 amide bonds. The molecule has 1 aromatic carbocycles. The van der Waals surface area contributed by atoms with E-state index in [-0.39, 0.29) is 11.7 Å². The summed E-state index contributed by atoms with van der Waals surface area (Å²) in [6.07, 6.45) is 1.34. The number of halogens is 1. The lowest BCUT2D eigenvalue weighted by Crippen LogP contribution is -2.07. The van der Waals surface area contributed by atoms with E-state index in [9.17, 15) is 9.50 Å². The summed E-state index contributed by atoms with van der Waals surface area (Å²) >= 11 is 0. The van der Waals surface area contributed by atoms with Crippen LogP contribution in [0, 0.1) is 11.7 Å². The summed E-state index contributed by atoms with van der Waals surface area (Å²) in [5.74, 6) is 0.373. The number of fused-ring (bicyclic) bond motifs is 1. The van der Waals surface area contributed by atoms with Crippen molar-refractivity contribution in [2.24, 2.45) is 5.92 Å². The van der Waals surface area contributed by atoms with E-state index in [2.05, 4.69) is 6.92 Å². The molecule has 2 atom stereocenters. The maximum atomic E-state index is 13.0. The van der Waals surface area contributed by atoms with E-state index in [0.29, 0.717) is 16.7 Å². The van der Waals surface area contributed by atoms with Crippen LogP contribution in [0.5, 0.6) is 0 Å². The normalized spacial score (nSPS) is 15.1. The van der Waals surface area contributed by atoms with Gasteiger partial charge in [0.25, 0.3) is 0 Å². The van der Waals surface area contributed by atoms with Gasteiger partial charge in [0, 0.05) is 5.39 Å². The van der Waals surface area contributed by atoms with E-state index >= 15 is 0 Å². The summed E-state index contributed by atoms with van der Waals surface area (Å²) in [4.78, 5) is 0. The molecule has 0 saturated heterocycles. The van der Waals surface area contributed by atoms with Gasteiger partial charge >= 0.3 is 0 Å². The summed E-state index contributed by atoms with van der Waals surface area (Å²) in [6, 6.07) is 6.08. The van der Waals surface area contributed by atoms with E-state index in [4.69, 9.17) is 4.42 Å². The molecule has 0 bridgehead atoms. The van der Waals surface area contributed by atoms with Gasteiger partial charge in [-0.3, -0.25) is 0 Å². The summed E-state index contributed by atoms with van der Waals surface area (Å²) in [7, 11) is 0. The molecule has 1 aromatic heterocycles. The van der Waals surface area contributed by atoms with Crippen LogP contribution in [0.4, 0.5) is 4.39 Å². The maximum absolute atomic E-state index is 13.0. The third-order valence-corrected chi connectivity index (χ3v) is 3.07. The smallest absolute Gasteiger partial charge is 0.134 e. The van der Waals surface area contributed by atoms with Crippen molar-refractivity contribution in [1.29, 1.82) is 0 Å². The Morgan fingerprint density at radius 3 is 2.82 bits per heavy atom. The number of aliphatic hydroxyl groups excluding tert-OH is 1. The number of rotatable bonds is 4. The van der Waals surface area contributed by atoms with Crippen molar-refractivity contribution >= 4 is 11.0 Å². The van der Waals surface area contributed by atoms with Crippen molar-refractivity contribution in [3.05, 3.63) is 35.8 Å². The quantitative estimate of drug-likeness (QED) is 0.869. The van der Waals surface area contributed by atoms with E-state index in [1.807, 2.05) is 6.92 Å². The number of aliphatic hydroxyl groups is 1. The average Bonchev–Trinajstić information content (AvgIpc) is 2.71. The Morgan fingerprint density at radius 1 is 1.35 bits per heavy atom. The summed E-state index contributed by atoms with van der Waals surface area (Å²) in [5.41, 5.74) is 0.615. The predicted molar refractivity (Wildman–Crippen MR) is 65.2 cm³/mol. The molecule has 0 aliphatic heterocycles. The molecule has 92 valence electrons. The minimum Gasteiger partial charge on any atom is -0.458 e. The standard InChI is InChI=1S/C14H17FO2/c1-3-4-9(2)14(16)13-8-10-7-11(15)5-6-12(10)17-13/h5-9,14,16H,3-4H2,1-2H3. The van der Waals surface area contributed by atoms with Gasteiger partial charge in [0.05, 0.1) is 0 Å². The Bertz CT molecular complexity index is 504. The number of benzene rings is 1. The largest absolute Gasteiger partial charge is 0.458 e. The molecule has 17 heavy (non-hydrogen) atoms. The predicted octanol–water partition coefficient (Wildman–Crippen LogP) is 4.04. The molecule has 0 spiro atoms. The van der Waals surface area contributed by atoms with Gasteiger partial charge in [-0.2, -0.15) is 0 Å². The highest BCUT2D eigenvalue weighted by Gasteiger charge is 2.19. The third kappa shape index (κ3) is 2.50. The van der Waals surface area contributed by atoms with Crippen molar-refractivity contribution in [3.8, 4) is 0 Å². The molecule has 1 N–H and O–H groups in total. The lowest BCUT2D eigenvalue weighted by atomic mass is 9.97. The van der Waals surface area contributed by atoms with Crippen LogP contribution >= 0.6 is 0 Å². The Hall–Kier alpha value is -1.35. The third-order valence-electron chi connectivity index (χ3n) is 3.07. The topological polar surface area (TPSA) is 33.4 Å². The van der Waals surface area contributed by atoms with Gasteiger partial charge in [0.1, 0.15) is 23.3 Å². The fraction of sp³-hybridized carbons (Fsp3) is 0.429. The Kier molecular flexibility index (Phi) is 3.48. The summed E-state index contributed by atoms with van der Waals surface area (Å²) < 4.78 is 18.6. The van der Waals surface area contributed by atoms with Crippen molar-refractivity contribution in [2.45, 2.75) is 32.8 Å². The van der Waals surface area contributed by atoms with Crippen LogP contribution in [0.1, 0.15) is 38.6 Å². The van der Waals surface area contributed by atoms with Crippen molar-refractivity contribution < 1.29 is 13.9 Å². The van der Waals surface area contributed by atoms with E-state index in [0.717, 1.165) is 12.8 Å². The van der Waals surface area contributed by atoms with Crippen molar-refractivity contribution in [2.75, 3.05) is 0 Å². The van der Waals surface area contributed by atoms with Crippen LogP contribution in [0.2, 0.25) is 0 Å². The fourth-order valence-corrected chi connectivity index (χ4v) is 2.07. The molecule has 2 nitrogen and oxygen atoms in total. The Labute approximate surface area is 100 Å². The van der Waals surface area contributed by atoms with Crippen LogP contribution in [-0.4, -0.2) is 5.11 Å². The summed E-state index contributed by atoms with van der Waals surface area (Å²) in [5, 5.41) is 10.8. The van der Waals surface area contributed by atoms with Gasteiger partial charge in [0.2, 0.25) is 0 Å². The van der Waals surface area contributed by atoms with Gasteiger partial charge in [0.15, 0.2) is 0 Å². The van der Waals surface area contributed by atoms with Gasteiger partial charge in [-0.05, 0) is 36.6 Å². The molecule has 0 saturated carbocycles. The number of hydrogen-bond acceptors (Lipinski definition) is 2. The molecule has 0 aliphatic rings. The molecule has 0 radical (unpaired) electrons. The zero-order valence-corrected chi connectivity index (χ0v) is 10.1. The maximum Gasteiger partial charge on any atom is 0.134 e. The monoisotopic (exact) mass is 236 g/mol. The zero-order chi connectivity index (χ0) is 12.4. The van der Waals surface area contributed by atoms with Crippen LogP contribution in [0.3, 0.4) is 0 Å². The van der Waals surface area contributed by atoms with Crippen LogP contribution in [0.15, 0.2) is 28.7 Å². The average molecular weight is 236 g/mol. The van der Waals surface area contributed by atoms with Crippen molar-refractivity contribution in [3.63, 3.8) is 0 Å². The van der Waals surface area contributed by atoms with Crippen LogP contribution in [0.25, 0.3) is 11.0 Å². The van der Waals surface area contributed by atoms with E-state index in [1.165, 1.54) is 12.1 Å². The molecular weight excluding hydrogens is 219 g/mol. The highest BCUT2D eigenvalue weighted by atomic mass is 19.1.